The van der Waals surface area contributed by atoms with Gasteiger partial charge >= 0.3 is 0 Å². The molecular weight excluding hydrogens is 250 g/mol. The number of hydrogen-bond donors (Lipinski definition) is 2. The van der Waals surface area contributed by atoms with Crippen molar-refractivity contribution in [1.29, 1.82) is 0 Å². The minimum Gasteiger partial charge on any atom is -0.350 e. The molecule has 0 saturated carbocycles. The molecule has 2 N–H and O–H groups in total. The number of carbonyl (C=O) groups is 1. The SMILES string of the molecule is CC(C)NC(=O)c1ccc(Cl)c(S(=O)O)c1. The molecule has 0 aliphatic carbocycles. The van der Waals surface area contributed by atoms with Crippen LogP contribution in [0.4, 0.5) is 0 Å². The molecule has 0 aliphatic heterocycles. The first-order valence-electron chi connectivity index (χ1n) is 4.63. The highest BCUT2D eigenvalue weighted by molar-refractivity contribution is 7.79. The largest absolute Gasteiger partial charge is 0.350 e. The number of carbonyl (C=O) groups excluding carboxylic acids is 1. The Balaban J connectivity index is 3.03. The number of amides is 1. The molecule has 0 saturated heterocycles. The average molecular weight is 262 g/mol. The van der Waals surface area contributed by atoms with E-state index in [-0.39, 0.29) is 21.9 Å². The Hall–Kier alpha value is -0.910. The maximum absolute atomic E-state index is 11.6. The standard InChI is InChI=1S/C10H12ClNO3S/c1-6(2)12-10(13)7-3-4-8(11)9(5-7)16(14)15/h3-6H,1-2H3,(H,12,13)(H,14,15). The summed E-state index contributed by atoms with van der Waals surface area (Å²) in [7, 11) is 0. The van der Waals surface area contributed by atoms with Crippen LogP contribution < -0.4 is 5.32 Å². The molecule has 1 amide bonds. The smallest absolute Gasteiger partial charge is 0.251 e. The van der Waals surface area contributed by atoms with Gasteiger partial charge in [-0.25, -0.2) is 4.21 Å². The summed E-state index contributed by atoms with van der Waals surface area (Å²) >= 11 is 3.52. The van der Waals surface area contributed by atoms with E-state index in [0.29, 0.717) is 5.56 Å². The summed E-state index contributed by atoms with van der Waals surface area (Å²) in [5.74, 6) is -0.293. The highest BCUT2D eigenvalue weighted by atomic mass is 35.5. The minimum atomic E-state index is -2.19. The second-order valence-electron chi connectivity index (χ2n) is 3.52. The summed E-state index contributed by atoms with van der Waals surface area (Å²) in [5.41, 5.74) is 0.315. The van der Waals surface area contributed by atoms with Crippen molar-refractivity contribution >= 4 is 28.6 Å². The van der Waals surface area contributed by atoms with E-state index in [1.165, 1.54) is 18.2 Å². The summed E-state index contributed by atoms with van der Waals surface area (Å²) in [6, 6.07) is 4.26. The molecule has 6 heteroatoms. The maximum atomic E-state index is 11.6. The second-order valence-corrected chi connectivity index (χ2v) is 4.87. The van der Waals surface area contributed by atoms with Gasteiger partial charge in [-0.2, -0.15) is 0 Å². The lowest BCUT2D eigenvalue weighted by molar-refractivity contribution is 0.0943. The van der Waals surface area contributed by atoms with Gasteiger partial charge in [-0.1, -0.05) is 11.6 Å². The maximum Gasteiger partial charge on any atom is 0.251 e. The molecule has 88 valence electrons. The van der Waals surface area contributed by atoms with Crippen LogP contribution in [0.25, 0.3) is 0 Å². The Bertz CT molecular complexity index is 434. The van der Waals surface area contributed by atoms with Gasteiger partial charge in [-0.15, -0.1) is 0 Å². The molecule has 4 nitrogen and oxygen atoms in total. The summed E-state index contributed by atoms with van der Waals surface area (Å²) in [5, 5.41) is 2.85. The Morgan fingerprint density at radius 1 is 1.50 bits per heavy atom. The van der Waals surface area contributed by atoms with Crippen molar-refractivity contribution in [2.75, 3.05) is 0 Å². The summed E-state index contributed by atoms with van der Waals surface area (Å²) < 4.78 is 19.9. The molecule has 1 aromatic rings. The van der Waals surface area contributed by atoms with Crippen LogP contribution in [0, 0.1) is 0 Å². The molecule has 1 atom stereocenters. The van der Waals surface area contributed by atoms with Gasteiger partial charge in [0.25, 0.3) is 5.91 Å². The van der Waals surface area contributed by atoms with Gasteiger partial charge in [0, 0.05) is 11.6 Å². The monoisotopic (exact) mass is 261 g/mol. The van der Waals surface area contributed by atoms with E-state index in [4.69, 9.17) is 16.2 Å². The first kappa shape index (κ1) is 13.2. The molecule has 1 unspecified atom stereocenters. The van der Waals surface area contributed by atoms with Crippen LogP contribution in [-0.2, 0) is 11.1 Å². The lowest BCUT2D eigenvalue weighted by Gasteiger charge is -2.09. The molecule has 0 fully saturated rings. The molecule has 16 heavy (non-hydrogen) atoms. The van der Waals surface area contributed by atoms with Gasteiger partial charge in [-0.05, 0) is 32.0 Å². The third-order valence-electron chi connectivity index (χ3n) is 1.80. The molecule has 1 aromatic carbocycles. The number of benzene rings is 1. The topological polar surface area (TPSA) is 66.4 Å². The van der Waals surface area contributed by atoms with E-state index in [2.05, 4.69) is 5.32 Å². The van der Waals surface area contributed by atoms with E-state index in [1.54, 1.807) is 0 Å². The molecule has 0 aliphatic rings. The minimum absolute atomic E-state index is 0.00579. The second kappa shape index (κ2) is 5.43. The Morgan fingerprint density at radius 3 is 2.62 bits per heavy atom. The fourth-order valence-corrected chi connectivity index (χ4v) is 1.90. The van der Waals surface area contributed by atoms with Crippen molar-refractivity contribution in [2.24, 2.45) is 0 Å². The van der Waals surface area contributed by atoms with Crippen LogP contribution in [0.15, 0.2) is 23.1 Å². The molecule has 0 radical (unpaired) electrons. The summed E-state index contributed by atoms with van der Waals surface area (Å²) in [6.45, 7) is 3.66. The lowest BCUT2D eigenvalue weighted by atomic mass is 10.2. The van der Waals surface area contributed by atoms with Gasteiger partial charge in [0.2, 0.25) is 0 Å². The van der Waals surface area contributed by atoms with Gasteiger partial charge in [0.05, 0.1) is 9.92 Å². The first-order valence-corrected chi connectivity index (χ1v) is 6.11. The van der Waals surface area contributed by atoms with Crippen LogP contribution in [0.5, 0.6) is 0 Å². The molecule has 0 heterocycles. The average Bonchev–Trinajstić information content (AvgIpc) is 2.16. The number of hydrogen-bond acceptors (Lipinski definition) is 2. The molecule has 1 rings (SSSR count). The molecule has 0 aromatic heterocycles. The summed E-state index contributed by atoms with van der Waals surface area (Å²) in [4.78, 5) is 11.6. The van der Waals surface area contributed by atoms with E-state index < -0.39 is 11.1 Å². The predicted octanol–water partition coefficient (Wildman–Crippen LogP) is 2.06. The molecular formula is C10H12ClNO3S. The van der Waals surface area contributed by atoms with Gasteiger partial charge in [-0.3, -0.25) is 4.79 Å². The van der Waals surface area contributed by atoms with Crippen LogP contribution >= 0.6 is 11.6 Å². The highest BCUT2D eigenvalue weighted by Crippen LogP contribution is 2.20. The fourth-order valence-electron chi connectivity index (χ4n) is 1.12. The van der Waals surface area contributed by atoms with E-state index in [1.807, 2.05) is 13.8 Å². The van der Waals surface area contributed by atoms with E-state index in [0.717, 1.165) is 0 Å². The van der Waals surface area contributed by atoms with Crippen molar-refractivity contribution in [1.82, 2.24) is 5.32 Å². The number of rotatable bonds is 3. The highest BCUT2D eigenvalue weighted by Gasteiger charge is 2.12. The normalized spacial score (nSPS) is 12.6. The van der Waals surface area contributed by atoms with Crippen LogP contribution in [0.3, 0.4) is 0 Å². The van der Waals surface area contributed by atoms with Gasteiger partial charge in [0.1, 0.15) is 0 Å². The zero-order chi connectivity index (χ0) is 12.3. The lowest BCUT2D eigenvalue weighted by Crippen LogP contribution is -2.30. The third kappa shape index (κ3) is 3.30. The Labute approximate surface area is 101 Å². The fraction of sp³-hybridized carbons (Fsp3) is 0.300. The molecule has 0 spiro atoms. The van der Waals surface area contributed by atoms with Crippen LogP contribution in [0.1, 0.15) is 24.2 Å². The molecule has 0 bridgehead atoms. The van der Waals surface area contributed by atoms with Crippen molar-refractivity contribution in [3.8, 4) is 0 Å². The van der Waals surface area contributed by atoms with Crippen LogP contribution in [-0.4, -0.2) is 20.7 Å². The quantitative estimate of drug-likeness (QED) is 0.819. The van der Waals surface area contributed by atoms with E-state index >= 15 is 0 Å². The predicted molar refractivity (Wildman–Crippen MR) is 63.1 cm³/mol. The Morgan fingerprint density at radius 2 is 2.12 bits per heavy atom. The first-order chi connectivity index (χ1) is 7.41. The van der Waals surface area contributed by atoms with Gasteiger partial charge in [0.15, 0.2) is 11.1 Å². The third-order valence-corrected chi connectivity index (χ3v) is 2.96. The number of nitrogens with one attached hydrogen (secondary N) is 1. The van der Waals surface area contributed by atoms with Crippen molar-refractivity contribution in [3.05, 3.63) is 28.8 Å². The zero-order valence-corrected chi connectivity index (χ0v) is 10.4. The van der Waals surface area contributed by atoms with Crippen molar-refractivity contribution < 1.29 is 13.6 Å². The van der Waals surface area contributed by atoms with Crippen molar-refractivity contribution in [2.45, 2.75) is 24.8 Å². The van der Waals surface area contributed by atoms with E-state index in [9.17, 15) is 9.00 Å². The zero-order valence-electron chi connectivity index (χ0n) is 8.86. The van der Waals surface area contributed by atoms with Crippen molar-refractivity contribution in [3.63, 3.8) is 0 Å². The number of halogens is 1. The van der Waals surface area contributed by atoms with Gasteiger partial charge < -0.3 is 9.87 Å². The van der Waals surface area contributed by atoms with Crippen LogP contribution in [0.2, 0.25) is 5.02 Å². The summed E-state index contributed by atoms with van der Waals surface area (Å²) in [6.07, 6.45) is 0. The Kier molecular flexibility index (Phi) is 4.46.